The third kappa shape index (κ3) is 3.87. The second-order valence-corrected chi connectivity index (χ2v) is 5.63. The number of hydrogen-bond acceptors (Lipinski definition) is 1. The lowest BCUT2D eigenvalue weighted by molar-refractivity contribution is 0.302. The van der Waals surface area contributed by atoms with Crippen molar-refractivity contribution in [1.29, 1.82) is 0 Å². The van der Waals surface area contributed by atoms with Crippen molar-refractivity contribution >= 4 is 15.9 Å². The summed E-state index contributed by atoms with van der Waals surface area (Å²) < 4.78 is 14.0. The minimum absolute atomic E-state index is 0.0714. The quantitative estimate of drug-likeness (QED) is 0.873. The van der Waals surface area contributed by atoms with Gasteiger partial charge in [-0.25, -0.2) is 4.39 Å². The van der Waals surface area contributed by atoms with E-state index in [0.29, 0.717) is 6.54 Å². The van der Waals surface area contributed by atoms with Crippen LogP contribution >= 0.6 is 15.9 Å². The first-order valence-corrected chi connectivity index (χ1v) is 6.43. The van der Waals surface area contributed by atoms with Crippen LogP contribution in [0, 0.1) is 11.2 Å². The molecule has 16 heavy (non-hydrogen) atoms. The summed E-state index contributed by atoms with van der Waals surface area (Å²) in [6, 6.07) is 5.03. The molecule has 2 N–H and O–H groups in total. The van der Waals surface area contributed by atoms with Gasteiger partial charge in [-0.1, -0.05) is 36.2 Å². The maximum Gasteiger partial charge on any atom is 0.124 e. The molecule has 0 spiro atoms. The van der Waals surface area contributed by atoms with Crippen LogP contribution in [-0.4, -0.2) is 6.54 Å². The number of hydrogen-bond donors (Lipinski definition) is 1. The zero-order valence-corrected chi connectivity index (χ0v) is 11.5. The summed E-state index contributed by atoms with van der Waals surface area (Å²) in [7, 11) is 0. The molecule has 0 saturated carbocycles. The number of rotatable bonds is 5. The predicted octanol–water partition coefficient (Wildman–Crippen LogP) is 3.90. The van der Waals surface area contributed by atoms with Crippen molar-refractivity contribution in [2.75, 3.05) is 6.54 Å². The van der Waals surface area contributed by atoms with E-state index in [1.807, 2.05) is 6.07 Å². The van der Waals surface area contributed by atoms with Gasteiger partial charge >= 0.3 is 0 Å². The summed E-state index contributed by atoms with van der Waals surface area (Å²) in [5.41, 5.74) is 6.89. The topological polar surface area (TPSA) is 26.0 Å². The fraction of sp³-hybridized carbons (Fsp3) is 0.538. The number of benzene rings is 1. The van der Waals surface area contributed by atoms with Crippen LogP contribution in [0.3, 0.4) is 0 Å². The maximum absolute atomic E-state index is 13.2. The molecule has 0 radical (unpaired) electrons. The van der Waals surface area contributed by atoms with Gasteiger partial charge in [0, 0.05) is 4.47 Å². The molecule has 1 nitrogen and oxygen atoms in total. The van der Waals surface area contributed by atoms with Gasteiger partial charge in [0.25, 0.3) is 0 Å². The van der Waals surface area contributed by atoms with E-state index in [-0.39, 0.29) is 11.2 Å². The van der Waals surface area contributed by atoms with E-state index < -0.39 is 0 Å². The second kappa shape index (κ2) is 5.78. The summed E-state index contributed by atoms with van der Waals surface area (Å²) >= 11 is 3.31. The van der Waals surface area contributed by atoms with Crippen molar-refractivity contribution < 1.29 is 4.39 Å². The fourth-order valence-corrected chi connectivity index (χ4v) is 2.58. The molecule has 0 aliphatic heterocycles. The highest BCUT2D eigenvalue weighted by atomic mass is 79.9. The molecule has 1 aromatic carbocycles. The molecule has 1 aromatic rings. The zero-order valence-electron chi connectivity index (χ0n) is 9.89. The summed E-state index contributed by atoms with van der Waals surface area (Å²) in [4.78, 5) is 0. The van der Waals surface area contributed by atoms with E-state index in [1.54, 1.807) is 6.07 Å². The third-order valence-corrected chi connectivity index (χ3v) is 3.36. The Hall–Kier alpha value is -0.410. The van der Waals surface area contributed by atoms with E-state index in [2.05, 4.69) is 29.8 Å². The minimum Gasteiger partial charge on any atom is -0.330 e. The first-order valence-electron chi connectivity index (χ1n) is 5.64. The molecule has 1 unspecified atom stereocenters. The minimum atomic E-state index is -0.194. The smallest absolute Gasteiger partial charge is 0.124 e. The predicted molar refractivity (Wildman–Crippen MR) is 69.9 cm³/mol. The van der Waals surface area contributed by atoms with Gasteiger partial charge in [-0.3, -0.25) is 0 Å². The van der Waals surface area contributed by atoms with Crippen LogP contribution in [0.5, 0.6) is 0 Å². The highest BCUT2D eigenvalue weighted by Gasteiger charge is 2.22. The van der Waals surface area contributed by atoms with Gasteiger partial charge in [-0.15, -0.1) is 0 Å². The maximum atomic E-state index is 13.2. The Morgan fingerprint density at radius 2 is 2.06 bits per heavy atom. The van der Waals surface area contributed by atoms with Crippen molar-refractivity contribution in [1.82, 2.24) is 0 Å². The Balaban J connectivity index is 2.85. The van der Waals surface area contributed by atoms with Gasteiger partial charge in [0.15, 0.2) is 0 Å². The molecule has 0 amide bonds. The van der Waals surface area contributed by atoms with E-state index in [9.17, 15) is 4.39 Å². The van der Waals surface area contributed by atoms with E-state index in [4.69, 9.17) is 5.73 Å². The zero-order chi connectivity index (χ0) is 12.2. The summed E-state index contributed by atoms with van der Waals surface area (Å²) in [6.45, 7) is 4.94. The van der Waals surface area contributed by atoms with Crippen molar-refractivity contribution in [3.05, 3.63) is 34.1 Å². The van der Waals surface area contributed by atoms with Crippen LogP contribution in [0.15, 0.2) is 22.7 Å². The molecule has 0 heterocycles. The third-order valence-electron chi connectivity index (χ3n) is 2.90. The monoisotopic (exact) mass is 287 g/mol. The SMILES string of the molecule is CCCC(C)(CN)Cc1cc(F)cc(Br)c1. The van der Waals surface area contributed by atoms with Crippen LogP contribution in [0.4, 0.5) is 4.39 Å². The van der Waals surface area contributed by atoms with Crippen molar-refractivity contribution in [2.24, 2.45) is 11.1 Å². The Morgan fingerprint density at radius 1 is 1.38 bits per heavy atom. The van der Waals surface area contributed by atoms with Gasteiger partial charge in [0.05, 0.1) is 0 Å². The largest absolute Gasteiger partial charge is 0.330 e. The van der Waals surface area contributed by atoms with Crippen molar-refractivity contribution in [3.8, 4) is 0 Å². The molecule has 0 bridgehead atoms. The Morgan fingerprint density at radius 3 is 2.56 bits per heavy atom. The van der Waals surface area contributed by atoms with Crippen LogP contribution in [-0.2, 0) is 6.42 Å². The fourth-order valence-electron chi connectivity index (χ4n) is 2.07. The molecule has 0 aliphatic rings. The Bertz CT molecular complexity index is 334. The molecule has 90 valence electrons. The molecular weight excluding hydrogens is 269 g/mol. The van der Waals surface area contributed by atoms with E-state index in [1.165, 1.54) is 6.07 Å². The van der Waals surface area contributed by atoms with E-state index in [0.717, 1.165) is 29.3 Å². The van der Waals surface area contributed by atoms with Crippen LogP contribution in [0.2, 0.25) is 0 Å². The van der Waals surface area contributed by atoms with Gasteiger partial charge in [0.1, 0.15) is 5.82 Å². The molecule has 1 atom stereocenters. The average molecular weight is 288 g/mol. The first kappa shape index (κ1) is 13.7. The first-order chi connectivity index (χ1) is 7.49. The standard InChI is InChI=1S/C13H19BrFN/c1-3-4-13(2,9-16)8-10-5-11(14)7-12(15)6-10/h5-7H,3-4,8-9,16H2,1-2H3. The average Bonchev–Trinajstić information content (AvgIpc) is 2.16. The highest BCUT2D eigenvalue weighted by molar-refractivity contribution is 9.10. The summed E-state index contributed by atoms with van der Waals surface area (Å²) in [5.74, 6) is -0.194. The van der Waals surface area contributed by atoms with Crippen molar-refractivity contribution in [2.45, 2.75) is 33.1 Å². The molecule has 0 aromatic heterocycles. The number of halogens is 2. The Kier molecular flexibility index (Phi) is 4.93. The molecule has 0 fully saturated rings. The van der Waals surface area contributed by atoms with Gasteiger partial charge in [-0.05, 0) is 48.6 Å². The summed E-state index contributed by atoms with van der Waals surface area (Å²) in [6.07, 6.45) is 3.00. The van der Waals surface area contributed by atoms with E-state index >= 15 is 0 Å². The van der Waals surface area contributed by atoms with Crippen LogP contribution < -0.4 is 5.73 Å². The molecule has 3 heteroatoms. The summed E-state index contributed by atoms with van der Waals surface area (Å²) in [5, 5.41) is 0. The van der Waals surface area contributed by atoms with Gasteiger partial charge in [-0.2, -0.15) is 0 Å². The van der Waals surface area contributed by atoms with Crippen molar-refractivity contribution in [3.63, 3.8) is 0 Å². The Labute approximate surface area is 105 Å². The second-order valence-electron chi connectivity index (χ2n) is 4.72. The molecule has 0 saturated heterocycles. The molecular formula is C13H19BrFN. The van der Waals surface area contributed by atoms with Gasteiger partial charge in [0.2, 0.25) is 0 Å². The van der Waals surface area contributed by atoms with Gasteiger partial charge < -0.3 is 5.73 Å². The lowest BCUT2D eigenvalue weighted by Crippen LogP contribution is -2.29. The number of nitrogens with two attached hydrogens (primary N) is 1. The molecule has 0 aliphatic carbocycles. The molecule has 1 rings (SSSR count). The highest BCUT2D eigenvalue weighted by Crippen LogP contribution is 2.28. The lowest BCUT2D eigenvalue weighted by Gasteiger charge is -2.27. The normalized spacial score (nSPS) is 14.8. The van der Waals surface area contributed by atoms with Crippen LogP contribution in [0.25, 0.3) is 0 Å². The lowest BCUT2D eigenvalue weighted by atomic mass is 9.80. The van der Waals surface area contributed by atoms with Crippen LogP contribution in [0.1, 0.15) is 32.3 Å².